The number of nitrogens with zero attached hydrogens (tertiary/aromatic N) is 1. The van der Waals surface area contributed by atoms with E-state index in [1.807, 2.05) is 0 Å². The lowest BCUT2D eigenvalue weighted by molar-refractivity contribution is -0.192. The average molecular weight is 2140 g/mol. The van der Waals surface area contributed by atoms with E-state index >= 15 is 0 Å². The first-order valence-electron chi connectivity index (χ1n) is 48.6. The molecule has 62 heteroatoms. The molecule has 1 rings (SSSR count). The van der Waals surface area contributed by atoms with Crippen LogP contribution >= 0.6 is 0 Å². The molecule has 1 aliphatic heterocycles. The number of hydrogen-bond donors (Lipinski definition) is 36. The second kappa shape index (κ2) is 71.8. The number of aliphatic hydroxyl groups excluding tert-OH is 4. The second-order valence-electron chi connectivity index (χ2n) is 35.8. The van der Waals surface area contributed by atoms with Gasteiger partial charge < -0.3 is 188 Å². The van der Waals surface area contributed by atoms with Gasteiger partial charge in [0, 0.05) is 32.5 Å². The lowest BCUT2D eigenvalue weighted by Gasteiger charge is -2.30. The summed E-state index contributed by atoms with van der Waals surface area (Å²) >= 11 is 0. The molecule has 0 bridgehead atoms. The van der Waals surface area contributed by atoms with Gasteiger partial charge in [-0.05, 0) is 208 Å². The maximum absolute atomic E-state index is 14.6. The summed E-state index contributed by atoms with van der Waals surface area (Å²) in [7, 11) is 0. The van der Waals surface area contributed by atoms with E-state index in [9.17, 15) is 139 Å². The van der Waals surface area contributed by atoms with Crippen LogP contribution in [-0.2, 0) is 105 Å². The van der Waals surface area contributed by atoms with Crippen molar-refractivity contribution in [3.8, 4) is 0 Å². The van der Waals surface area contributed by atoms with E-state index in [1.165, 1.54) is 20.8 Å². The Bertz CT molecular complexity index is 4430. The average Bonchev–Trinajstić information content (AvgIpc) is 1.69. The van der Waals surface area contributed by atoms with E-state index < -0.39 is 302 Å². The summed E-state index contributed by atoms with van der Waals surface area (Å²) in [6, 6.07) is -26.1. The number of likely N-dealkylation sites (tertiary alicyclic amines) is 1. The van der Waals surface area contributed by atoms with Crippen LogP contribution in [0.25, 0.3) is 0 Å². The summed E-state index contributed by atoms with van der Waals surface area (Å²) in [5.41, 5.74) is 50.2. The van der Waals surface area contributed by atoms with Crippen molar-refractivity contribution in [3.05, 3.63) is 0 Å². The predicted molar refractivity (Wildman–Crippen MR) is 524 cm³/mol. The SMILES string of the molecule is CC(C)C[C@H](NC(=O)[C@H](CCC(N)=O)NC(=O)[C@H](CCCCN)NC(=O)[C@H](CCCNC(=N)N)NC(=O)[C@@H]1CCCN1C(=O)[C@H](C)NC(=O)[C@H](CCCCN)NC(=O)CNC(=O)CNC(=O)[C@@H](NC(=O)[C@H](CO)NC(=O)[C@H](CCCCN)NC(=O)[C@H](CCCNC(=N)N)NC(=O)[C@H](C)NC(=O)[C@@H](NC(=O)[C@@H](N)CCC(N)=O)[C@@H](C)O)[C@@H](C)O)C(=O)N[C@@H](C)C(=O)N[C@H](C(=O)N[C@@H](CCCCN)C(=O)O)[C@@H](C)O.O=C(O)C(F)(F)F. The molecule has 20 atom stereocenters. The zero-order chi connectivity index (χ0) is 114. The quantitative estimate of drug-likeness (QED) is 0.0153. The number of carbonyl (C=O) groups is 22. The van der Waals surface area contributed by atoms with Gasteiger partial charge in [0.2, 0.25) is 118 Å². The molecule has 848 valence electrons. The molecule has 45 N–H and O–H groups in total. The largest absolute Gasteiger partial charge is 0.490 e. The predicted octanol–water partition coefficient (Wildman–Crippen LogP) is -13.7. The van der Waals surface area contributed by atoms with Crippen molar-refractivity contribution >= 4 is 142 Å². The van der Waals surface area contributed by atoms with Crippen LogP contribution in [0.3, 0.4) is 0 Å². The Balaban J connectivity index is 0.0000301. The number of rotatable bonds is 72. The molecular weight excluding hydrogens is 1980 g/mol. The first-order chi connectivity index (χ1) is 69.7. The molecule has 0 aromatic heterocycles. The summed E-state index contributed by atoms with van der Waals surface area (Å²) in [4.78, 5) is 295. The third-order valence-electron chi connectivity index (χ3n) is 22.4. The highest BCUT2D eigenvalue weighted by atomic mass is 19.4. The fourth-order valence-electron chi connectivity index (χ4n) is 14.1. The van der Waals surface area contributed by atoms with Gasteiger partial charge in [-0.15, -0.1) is 0 Å². The third kappa shape index (κ3) is 55.2. The van der Waals surface area contributed by atoms with Crippen LogP contribution in [-0.4, -0.2) is 370 Å². The van der Waals surface area contributed by atoms with Crippen molar-refractivity contribution in [1.82, 2.24) is 106 Å². The van der Waals surface area contributed by atoms with Gasteiger partial charge in [-0.2, -0.15) is 13.2 Å². The Morgan fingerprint density at radius 3 is 1.09 bits per heavy atom. The molecule has 0 unspecified atom stereocenters. The topological polar surface area (TPSA) is 1010 Å². The van der Waals surface area contributed by atoms with E-state index in [0.717, 1.165) is 25.7 Å². The number of carboxylic acid groups (broad SMARTS) is 2. The first kappa shape index (κ1) is 135. The molecule has 59 nitrogen and oxygen atoms in total. The van der Waals surface area contributed by atoms with Crippen LogP contribution in [0.15, 0.2) is 0 Å². The highest BCUT2D eigenvalue weighted by molar-refractivity contribution is 6.02. The number of alkyl halides is 3. The Kier molecular flexibility index (Phi) is 65.2. The number of primary amides is 2. The van der Waals surface area contributed by atoms with Crippen LogP contribution in [0, 0.1) is 16.7 Å². The Hall–Kier alpha value is -13.7. The van der Waals surface area contributed by atoms with Crippen LogP contribution in [0.1, 0.15) is 203 Å². The lowest BCUT2D eigenvalue weighted by Crippen LogP contribution is -2.61. The lowest BCUT2D eigenvalue weighted by atomic mass is 10.0. The van der Waals surface area contributed by atoms with Crippen LogP contribution < -0.4 is 153 Å². The maximum Gasteiger partial charge on any atom is 0.490 e. The molecule has 1 heterocycles. The number of hydrogen-bond acceptors (Lipinski definition) is 33. The van der Waals surface area contributed by atoms with E-state index in [1.54, 1.807) is 13.8 Å². The van der Waals surface area contributed by atoms with Crippen molar-refractivity contribution in [2.24, 2.45) is 57.5 Å². The van der Waals surface area contributed by atoms with Crippen LogP contribution in [0.4, 0.5) is 13.2 Å². The fourth-order valence-corrected chi connectivity index (χ4v) is 14.1. The Morgan fingerprint density at radius 2 is 0.685 bits per heavy atom. The maximum atomic E-state index is 14.6. The fraction of sp³-hybridized carbons (Fsp3) is 0.724. The number of amides is 20. The summed E-state index contributed by atoms with van der Waals surface area (Å²) in [5, 5.41) is 120. The highest BCUT2D eigenvalue weighted by Gasteiger charge is 2.43. The van der Waals surface area contributed by atoms with Crippen molar-refractivity contribution in [2.45, 2.75) is 330 Å². The van der Waals surface area contributed by atoms with Gasteiger partial charge >= 0.3 is 18.1 Å². The van der Waals surface area contributed by atoms with E-state index in [2.05, 4.69) is 101 Å². The molecule has 0 aromatic carbocycles. The molecule has 20 amide bonds. The normalized spacial score (nSPS) is 16.0. The monoisotopic (exact) mass is 2140 g/mol. The zero-order valence-electron chi connectivity index (χ0n) is 84.9. The summed E-state index contributed by atoms with van der Waals surface area (Å²) < 4.78 is 31.7. The van der Waals surface area contributed by atoms with Gasteiger partial charge in [-0.25, -0.2) is 9.59 Å². The van der Waals surface area contributed by atoms with Gasteiger partial charge in [-0.3, -0.25) is 107 Å². The standard InChI is InChI=1S/C85H155N31O26.C2HF3O2/c1-42(2)38-57(76(134)101-44(4)68(126)113-66(48(8)120)81(139)110-56(83(141)142)23-12-16-34-89)111-75(133)55(28-30-61(92)122)108-71(129)51(21-10-14-32-87)106-73(131)54(25-18-36-98-85(95)96)109-78(136)59-26-19-37-116(59)82(140)45(5)103-70(128)50(20-9-13-31-86)104-63(124)40-99-62(123)39-100-79(137)64(46(6)118)115-77(135)58(41-117)112-74(132)52(22-11-15-33-88)107-72(130)53(24-17-35-97-84(93)94)105-67(125)43(3)102-80(138)65(47(7)119)114-69(127)49(90)27-29-60(91)121;3-2(4,5)1(6)7/h42-59,64-66,117-120H,9-41,86-90H2,1-8H3,(H2,91,121)(H2,92,122)(H,99,123)(H,100,137)(H,101,134)(H,102,138)(H,103,128)(H,104,124)(H,105,125)(H,106,131)(H,107,130)(H,108,129)(H,109,136)(H,110,139)(H,111,133)(H,112,132)(H,113,126)(H,114,127)(H,115,135)(H,141,142)(H4,93,94,97)(H4,95,96,98);(H,6,7)/t43-,44-,45-,46+,47+,48+,49-,50-,51-,52-,53-,54-,55-,56-,57-,58-,59-,64-,65-,66-;/m0./s1. The van der Waals surface area contributed by atoms with Gasteiger partial charge in [-0.1, -0.05) is 13.8 Å². The van der Waals surface area contributed by atoms with E-state index in [4.69, 9.17) is 72.3 Å². The molecule has 1 aliphatic rings. The Morgan fingerprint density at radius 1 is 0.362 bits per heavy atom. The van der Waals surface area contributed by atoms with Gasteiger partial charge in [0.25, 0.3) is 0 Å². The molecule has 0 aromatic rings. The number of nitrogens with two attached hydrogens (primary N) is 9. The van der Waals surface area contributed by atoms with Gasteiger partial charge in [0.05, 0.1) is 44.1 Å². The van der Waals surface area contributed by atoms with Crippen molar-refractivity contribution in [1.29, 1.82) is 10.8 Å². The minimum atomic E-state index is -5.08. The molecule has 1 fully saturated rings. The molecule has 0 saturated carbocycles. The van der Waals surface area contributed by atoms with Crippen molar-refractivity contribution in [2.75, 3.05) is 65.5 Å². The van der Waals surface area contributed by atoms with E-state index in [-0.39, 0.29) is 154 Å². The molecular formula is C87H156F3N31O28. The zero-order valence-corrected chi connectivity index (χ0v) is 84.9. The molecule has 0 aliphatic carbocycles. The smallest absolute Gasteiger partial charge is 0.480 e. The third-order valence-corrected chi connectivity index (χ3v) is 22.4. The van der Waals surface area contributed by atoms with Crippen molar-refractivity contribution in [3.63, 3.8) is 0 Å². The van der Waals surface area contributed by atoms with Gasteiger partial charge in [0.15, 0.2) is 11.9 Å². The number of aliphatic carboxylic acids is 2. The minimum Gasteiger partial charge on any atom is -0.480 e. The minimum absolute atomic E-state index is 0.00198. The second-order valence-corrected chi connectivity index (χ2v) is 35.8. The highest BCUT2D eigenvalue weighted by Crippen LogP contribution is 2.21. The number of aliphatic hydroxyl groups is 4. The first-order valence-corrected chi connectivity index (χ1v) is 48.6. The molecule has 149 heavy (non-hydrogen) atoms. The number of unbranched alkanes of at least 4 members (excludes halogenated alkanes) is 4. The number of carboxylic acids is 2. The van der Waals surface area contributed by atoms with Gasteiger partial charge in [0.1, 0.15) is 96.7 Å². The van der Waals surface area contributed by atoms with Crippen LogP contribution in [0.2, 0.25) is 0 Å². The Labute approximate surface area is 858 Å². The summed E-state index contributed by atoms with van der Waals surface area (Å²) in [6.45, 7) is 8.20. The number of nitrogens with one attached hydrogen (secondary N) is 21. The summed E-state index contributed by atoms with van der Waals surface area (Å²) in [6.07, 6.45) is -9.54. The molecule has 1 saturated heterocycles. The van der Waals surface area contributed by atoms with Crippen LogP contribution in [0.5, 0.6) is 0 Å². The van der Waals surface area contributed by atoms with E-state index in [0.29, 0.717) is 32.1 Å². The molecule has 0 spiro atoms. The number of halogens is 3. The number of carbonyl (C=O) groups excluding carboxylic acids is 20. The van der Waals surface area contributed by atoms with Crippen molar-refractivity contribution < 1.29 is 149 Å². The number of guanidine groups is 2. The summed E-state index contributed by atoms with van der Waals surface area (Å²) in [5.74, 6) is -25.1. The molecule has 0 radical (unpaired) electrons.